The van der Waals surface area contributed by atoms with Crippen LogP contribution in [0, 0.1) is 0 Å². The van der Waals surface area contributed by atoms with Gasteiger partial charge in [-0.05, 0) is 25.1 Å². The molecule has 0 aliphatic carbocycles. The maximum atomic E-state index is 11.9. The van der Waals surface area contributed by atoms with E-state index in [1.807, 2.05) is 6.92 Å². The van der Waals surface area contributed by atoms with Gasteiger partial charge < -0.3 is 20.5 Å². The smallest absolute Gasteiger partial charge is 0.251 e. The zero-order valence-electron chi connectivity index (χ0n) is 10.3. The Bertz CT molecular complexity index is 378. The van der Waals surface area contributed by atoms with Gasteiger partial charge in [0.2, 0.25) is 0 Å². The third kappa shape index (κ3) is 3.72. The number of ether oxygens (including phenoxy) is 2. The Kier molecular flexibility index (Phi) is 4.93. The molecule has 0 saturated carbocycles. The third-order valence-electron chi connectivity index (χ3n) is 2.38. The van der Waals surface area contributed by atoms with Crippen LogP contribution in [0.25, 0.3) is 0 Å². The third-order valence-corrected chi connectivity index (χ3v) is 2.38. The number of amides is 1. The topological polar surface area (TPSA) is 73.6 Å². The number of nitrogens with one attached hydrogen (secondary N) is 1. The van der Waals surface area contributed by atoms with Crippen molar-refractivity contribution in [1.29, 1.82) is 0 Å². The Morgan fingerprint density at radius 3 is 2.53 bits per heavy atom. The van der Waals surface area contributed by atoms with Gasteiger partial charge in [-0.1, -0.05) is 6.07 Å². The zero-order valence-corrected chi connectivity index (χ0v) is 10.3. The van der Waals surface area contributed by atoms with Crippen molar-refractivity contribution in [2.24, 2.45) is 0 Å². The monoisotopic (exact) mass is 238 g/mol. The Labute approximate surface area is 101 Å². The number of nitrogens with two attached hydrogens (primary N) is 1. The number of benzene rings is 1. The average Bonchev–Trinajstić information content (AvgIpc) is 2.30. The molecule has 0 aliphatic heterocycles. The van der Waals surface area contributed by atoms with Crippen LogP contribution in [0.4, 0.5) is 5.69 Å². The van der Waals surface area contributed by atoms with E-state index in [9.17, 15) is 4.79 Å². The molecule has 0 spiro atoms. The van der Waals surface area contributed by atoms with Crippen molar-refractivity contribution in [3.8, 4) is 0 Å². The summed E-state index contributed by atoms with van der Waals surface area (Å²) in [7, 11) is 3.05. The van der Waals surface area contributed by atoms with Crippen LogP contribution in [0.15, 0.2) is 24.3 Å². The van der Waals surface area contributed by atoms with Gasteiger partial charge in [-0.2, -0.15) is 0 Å². The largest absolute Gasteiger partial charge is 0.399 e. The van der Waals surface area contributed by atoms with E-state index in [1.54, 1.807) is 24.3 Å². The molecule has 3 N–H and O–H groups in total. The maximum Gasteiger partial charge on any atom is 0.251 e. The van der Waals surface area contributed by atoms with Gasteiger partial charge in [0.15, 0.2) is 6.29 Å². The lowest BCUT2D eigenvalue weighted by atomic mass is 10.2. The first-order chi connectivity index (χ1) is 8.08. The highest BCUT2D eigenvalue weighted by Crippen LogP contribution is 2.07. The lowest BCUT2D eigenvalue weighted by Crippen LogP contribution is -2.42. The fraction of sp³-hybridized carbons (Fsp3) is 0.417. The quantitative estimate of drug-likeness (QED) is 0.593. The summed E-state index contributed by atoms with van der Waals surface area (Å²) in [6, 6.07) is 6.54. The Balaban J connectivity index is 2.66. The van der Waals surface area contributed by atoms with Gasteiger partial charge in [0.25, 0.3) is 5.91 Å². The zero-order chi connectivity index (χ0) is 12.8. The van der Waals surface area contributed by atoms with Crippen LogP contribution >= 0.6 is 0 Å². The lowest BCUT2D eigenvalue weighted by molar-refractivity contribution is -0.117. The normalized spacial score (nSPS) is 12.5. The molecule has 0 aliphatic rings. The highest BCUT2D eigenvalue weighted by atomic mass is 16.7. The molecule has 0 saturated heterocycles. The van der Waals surface area contributed by atoms with E-state index < -0.39 is 6.29 Å². The van der Waals surface area contributed by atoms with Gasteiger partial charge in [0.05, 0.1) is 6.04 Å². The minimum absolute atomic E-state index is 0.205. The van der Waals surface area contributed by atoms with Crippen LogP contribution in [-0.4, -0.2) is 32.5 Å². The number of hydrogen-bond donors (Lipinski definition) is 2. The van der Waals surface area contributed by atoms with Crippen LogP contribution in [0.2, 0.25) is 0 Å². The molecule has 0 fully saturated rings. The van der Waals surface area contributed by atoms with E-state index >= 15 is 0 Å². The second-order valence-corrected chi connectivity index (χ2v) is 3.73. The van der Waals surface area contributed by atoms with Gasteiger partial charge >= 0.3 is 0 Å². The Morgan fingerprint density at radius 1 is 1.35 bits per heavy atom. The van der Waals surface area contributed by atoms with Crippen LogP contribution in [0.5, 0.6) is 0 Å². The molecule has 94 valence electrons. The van der Waals surface area contributed by atoms with Crippen molar-refractivity contribution in [2.75, 3.05) is 20.0 Å². The second-order valence-electron chi connectivity index (χ2n) is 3.73. The lowest BCUT2D eigenvalue weighted by Gasteiger charge is -2.22. The van der Waals surface area contributed by atoms with Gasteiger partial charge in [-0.3, -0.25) is 4.79 Å². The standard InChI is InChI=1S/C12H18N2O3/c1-8(12(16-2)17-3)14-11(15)9-5-4-6-10(13)7-9/h4-8,12H,13H2,1-3H3,(H,14,15). The molecular formula is C12H18N2O3. The summed E-state index contributed by atoms with van der Waals surface area (Å²) >= 11 is 0. The number of anilines is 1. The molecule has 5 heteroatoms. The fourth-order valence-corrected chi connectivity index (χ4v) is 1.54. The van der Waals surface area contributed by atoms with Crippen LogP contribution < -0.4 is 11.1 Å². The van der Waals surface area contributed by atoms with Gasteiger partial charge in [-0.25, -0.2) is 0 Å². The average molecular weight is 238 g/mol. The predicted molar refractivity (Wildman–Crippen MR) is 65.6 cm³/mol. The van der Waals surface area contributed by atoms with E-state index in [-0.39, 0.29) is 11.9 Å². The highest BCUT2D eigenvalue weighted by Gasteiger charge is 2.18. The van der Waals surface area contributed by atoms with Crippen molar-refractivity contribution in [1.82, 2.24) is 5.32 Å². The summed E-state index contributed by atoms with van der Waals surface area (Å²) in [6.07, 6.45) is -0.472. The first kappa shape index (κ1) is 13.5. The summed E-state index contributed by atoms with van der Waals surface area (Å²) < 4.78 is 10.1. The molecule has 5 nitrogen and oxygen atoms in total. The summed E-state index contributed by atoms with van der Waals surface area (Å²) in [5, 5.41) is 2.78. The Morgan fingerprint density at radius 2 is 2.00 bits per heavy atom. The van der Waals surface area contributed by atoms with Crippen molar-refractivity contribution in [3.05, 3.63) is 29.8 Å². The number of methoxy groups -OCH3 is 2. The van der Waals surface area contributed by atoms with Gasteiger partial charge in [0, 0.05) is 25.5 Å². The van der Waals surface area contributed by atoms with Crippen molar-refractivity contribution >= 4 is 11.6 Å². The minimum Gasteiger partial charge on any atom is -0.399 e. The van der Waals surface area contributed by atoms with Crippen LogP contribution in [0.3, 0.4) is 0 Å². The van der Waals surface area contributed by atoms with Crippen molar-refractivity contribution in [3.63, 3.8) is 0 Å². The van der Waals surface area contributed by atoms with Crippen molar-refractivity contribution in [2.45, 2.75) is 19.3 Å². The Hall–Kier alpha value is -1.59. The number of carbonyl (C=O) groups is 1. The first-order valence-electron chi connectivity index (χ1n) is 5.30. The predicted octanol–water partition coefficient (Wildman–Crippen LogP) is 1.01. The molecule has 0 radical (unpaired) electrons. The summed E-state index contributed by atoms with van der Waals surface area (Å²) in [6.45, 7) is 1.81. The second kappa shape index (κ2) is 6.22. The molecule has 1 amide bonds. The summed E-state index contributed by atoms with van der Waals surface area (Å²) in [4.78, 5) is 11.9. The van der Waals surface area contributed by atoms with Crippen LogP contribution in [0.1, 0.15) is 17.3 Å². The SMILES string of the molecule is COC(OC)C(C)NC(=O)c1cccc(N)c1. The number of rotatable bonds is 5. The number of hydrogen-bond acceptors (Lipinski definition) is 4. The molecule has 1 rings (SSSR count). The molecule has 0 heterocycles. The number of nitrogen functional groups attached to an aromatic ring is 1. The summed E-state index contributed by atoms with van der Waals surface area (Å²) in [5.41, 5.74) is 6.68. The molecule has 1 aromatic rings. The molecule has 1 unspecified atom stereocenters. The maximum absolute atomic E-state index is 11.9. The van der Waals surface area contributed by atoms with Gasteiger partial charge in [0.1, 0.15) is 0 Å². The number of carbonyl (C=O) groups excluding carboxylic acids is 1. The fourth-order valence-electron chi connectivity index (χ4n) is 1.54. The van der Waals surface area contributed by atoms with Crippen molar-refractivity contribution < 1.29 is 14.3 Å². The van der Waals surface area contributed by atoms with E-state index in [2.05, 4.69) is 5.32 Å². The molecule has 0 bridgehead atoms. The molecule has 1 atom stereocenters. The molecule has 0 aromatic heterocycles. The molecular weight excluding hydrogens is 220 g/mol. The van der Waals surface area contributed by atoms with Gasteiger partial charge in [-0.15, -0.1) is 0 Å². The summed E-state index contributed by atoms with van der Waals surface area (Å²) in [5.74, 6) is -0.205. The van der Waals surface area contributed by atoms with E-state index in [0.29, 0.717) is 11.3 Å². The minimum atomic E-state index is -0.472. The molecule has 17 heavy (non-hydrogen) atoms. The van der Waals surface area contributed by atoms with E-state index in [1.165, 1.54) is 14.2 Å². The van der Waals surface area contributed by atoms with E-state index in [4.69, 9.17) is 15.2 Å². The first-order valence-corrected chi connectivity index (χ1v) is 5.30. The van der Waals surface area contributed by atoms with Crippen LogP contribution in [-0.2, 0) is 9.47 Å². The highest BCUT2D eigenvalue weighted by molar-refractivity contribution is 5.95. The molecule has 1 aromatic carbocycles. The van der Waals surface area contributed by atoms with E-state index in [0.717, 1.165) is 0 Å².